The number of piperidine rings is 1. The fourth-order valence-corrected chi connectivity index (χ4v) is 2.54. The van der Waals surface area contributed by atoms with Crippen molar-refractivity contribution >= 4 is 11.8 Å². The van der Waals surface area contributed by atoms with Crippen molar-refractivity contribution in [3.05, 3.63) is 0 Å². The largest absolute Gasteiger partial charge is 0.369 e. The number of rotatable bonds is 8. The smallest absolute Gasteiger partial charge is 0.251 e. The molecule has 0 aromatic carbocycles. The Balaban J connectivity index is 2.42. The Morgan fingerprint density at radius 3 is 2.73 bits per heavy atom. The van der Waals surface area contributed by atoms with E-state index < -0.39 is 6.10 Å². The van der Waals surface area contributed by atoms with Crippen molar-refractivity contribution < 1.29 is 14.3 Å². The molecule has 3 N–H and O–H groups in total. The number of nitrogens with zero attached hydrogens (tertiary/aromatic N) is 1. The molecule has 22 heavy (non-hydrogen) atoms. The van der Waals surface area contributed by atoms with Crippen LogP contribution in [0, 0.1) is 11.8 Å². The van der Waals surface area contributed by atoms with Crippen molar-refractivity contribution in [1.82, 2.24) is 10.2 Å². The van der Waals surface area contributed by atoms with Gasteiger partial charge < -0.3 is 20.7 Å². The van der Waals surface area contributed by atoms with Gasteiger partial charge in [-0.1, -0.05) is 13.8 Å². The van der Waals surface area contributed by atoms with Gasteiger partial charge in [0.25, 0.3) is 5.91 Å². The van der Waals surface area contributed by atoms with Crippen LogP contribution in [0.2, 0.25) is 0 Å². The van der Waals surface area contributed by atoms with Crippen LogP contribution in [0.25, 0.3) is 0 Å². The van der Waals surface area contributed by atoms with Gasteiger partial charge in [0.15, 0.2) is 0 Å². The van der Waals surface area contributed by atoms with Crippen LogP contribution in [0.1, 0.15) is 40.0 Å². The lowest BCUT2D eigenvalue weighted by Crippen LogP contribution is -2.49. The van der Waals surface area contributed by atoms with Crippen molar-refractivity contribution in [2.45, 2.75) is 46.1 Å². The van der Waals surface area contributed by atoms with Gasteiger partial charge in [0.05, 0.1) is 5.92 Å². The molecule has 0 bridgehead atoms. The molecule has 0 aromatic heterocycles. The van der Waals surface area contributed by atoms with Crippen LogP contribution in [-0.2, 0) is 14.3 Å². The zero-order chi connectivity index (χ0) is 16.5. The molecule has 0 spiro atoms. The summed E-state index contributed by atoms with van der Waals surface area (Å²) in [4.78, 5) is 26.2. The molecule has 1 aliphatic heterocycles. The maximum absolute atomic E-state index is 12.4. The molecular weight excluding hydrogens is 282 g/mol. The average Bonchev–Trinajstić information content (AvgIpc) is 2.51. The minimum atomic E-state index is -0.440. The van der Waals surface area contributed by atoms with Crippen molar-refractivity contribution in [2.75, 3.05) is 32.8 Å². The highest BCUT2D eigenvalue weighted by molar-refractivity contribution is 5.83. The van der Waals surface area contributed by atoms with Gasteiger partial charge in [-0.25, -0.2) is 0 Å². The lowest BCUT2D eigenvalue weighted by atomic mass is 9.96. The first-order chi connectivity index (χ1) is 10.5. The third kappa shape index (κ3) is 6.32. The molecule has 2 atom stereocenters. The van der Waals surface area contributed by atoms with Crippen LogP contribution in [0.4, 0.5) is 0 Å². The summed E-state index contributed by atoms with van der Waals surface area (Å²) in [6.07, 6.45) is 2.18. The van der Waals surface area contributed by atoms with Crippen molar-refractivity contribution in [1.29, 1.82) is 0 Å². The van der Waals surface area contributed by atoms with Gasteiger partial charge in [-0.05, 0) is 32.1 Å². The first-order valence-electron chi connectivity index (χ1n) is 8.33. The maximum Gasteiger partial charge on any atom is 0.251 e. The molecule has 2 unspecified atom stereocenters. The second kappa shape index (κ2) is 9.79. The summed E-state index contributed by atoms with van der Waals surface area (Å²) in [7, 11) is 0. The van der Waals surface area contributed by atoms with Gasteiger partial charge in [-0.15, -0.1) is 0 Å². The molecule has 6 heteroatoms. The Bertz CT molecular complexity index is 361. The van der Waals surface area contributed by atoms with Crippen LogP contribution < -0.4 is 11.1 Å². The third-order valence-corrected chi connectivity index (χ3v) is 3.96. The second-order valence-corrected chi connectivity index (χ2v) is 6.40. The molecule has 6 nitrogen and oxygen atoms in total. The number of likely N-dealkylation sites (tertiary alicyclic amines) is 1. The number of amides is 2. The van der Waals surface area contributed by atoms with Crippen LogP contribution in [0.15, 0.2) is 0 Å². The molecule has 1 heterocycles. The molecule has 1 rings (SSSR count). The van der Waals surface area contributed by atoms with Crippen LogP contribution in [-0.4, -0.2) is 55.6 Å². The van der Waals surface area contributed by atoms with Crippen molar-refractivity contribution in [3.63, 3.8) is 0 Å². The molecule has 0 aromatic rings. The predicted octanol–water partition coefficient (Wildman–Crippen LogP) is 0.751. The first-order valence-corrected chi connectivity index (χ1v) is 8.33. The van der Waals surface area contributed by atoms with Crippen molar-refractivity contribution in [2.24, 2.45) is 17.6 Å². The van der Waals surface area contributed by atoms with Gasteiger partial charge >= 0.3 is 0 Å². The number of hydrogen-bond donors (Lipinski definition) is 2. The lowest BCUT2D eigenvalue weighted by molar-refractivity contribution is -0.145. The summed E-state index contributed by atoms with van der Waals surface area (Å²) >= 11 is 0. The van der Waals surface area contributed by atoms with E-state index >= 15 is 0 Å². The highest BCUT2D eigenvalue weighted by Gasteiger charge is 2.30. The summed E-state index contributed by atoms with van der Waals surface area (Å²) in [5.74, 6) is 0.413. The van der Waals surface area contributed by atoms with Crippen molar-refractivity contribution in [3.8, 4) is 0 Å². The number of ether oxygens (including phenoxy) is 1. The Labute approximate surface area is 133 Å². The van der Waals surface area contributed by atoms with E-state index in [4.69, 9.17) is 10.5 Å². The van der Waals surface area contributed by atoms with E-state index in [9.17, 15) is 9.59 Å². The molecule has 0 saturated carbocycles. The van der Waals surface area contributed by atoms with E-state index in [-0.39, 0.29) is 17.7 Å². The van der Waals surface area contributed by atoms with Gasteiger partial charge in [0.2, 0.25) is 5.91 Å². The van der Waals surface area contributed by atoms with E-state index in [1.54, 1.807) is 11.8 Å². The quantitative estimate of drug-likeness (QED) is 0.692. The monoisotopic (exact) mass is 313 g/mol. The van der Waals surface area contributed by atoms with Crippen LogP contribution in [0.3, 0.4) is 0 Å². The number of nitrogens with one attached hydrogen (secondary N) is 1. The molecule has 2 amide bonds. The average molecular weight is 313 g/mol. The van der Waals surface area contributed by atoms with Gasteiger partial charge in [0.1, 0.15) is 6.10 Å². The zero-order valence-electron chi connectivity index (χ0n) is 14.1. The van der Waals surface area contributed by atoms with E-state index in [2.05, 4.69) is 19.2 Å². The van der Waals surface area contributed by atoms with Crippen LogP contribution in [0.5, 0.6) is 0 Å². The second-order valence-electron chi connectivity index (χ2n) is 6.40. The molecule has 1 aliphatic rings. The number of carbonyl (C=O) groups is 2. The molecule has 0 aliphatic carbocycles. The first kappa shape index (κ1) is 18.9. The molecule has 128 valence electrons. The predicted molar refractivity (Wildman–Crippen MR) is 86.2 cm³/mol. The van der Waals surface area contributed by atoms with Gasteiger partial charge in [0, 0.05) is 32.8 Å². The molecular formula is C16H31N3O3. The minimum absolute atomic E-state index is 0.00340. The lowest BCUT2D eigenvalue weighted by Gasteiger charge is -2.33. The van der Waals surface area contributed by atoms with E-state index in [0.717, 1.165) is 19.3 Å². The molecule has 0 radical (unpaired) electrons. The fourth-order valence-electron chi connectivity index (χ4n) is 2.54. The standard InChI is InChI=1S/C16H31N3O3/c1-12(2)6-10-22-13(3)16(21)19-9-4-5-14(11-19)15(20)18-8-7-17/h12-14H,4-11,17H2,1-3H3,(H,18,20). The zero-order valence-corrected chi connectivity index (χ0v) is 14.1. The Morgan fingerprint density at radius 1 is 1.36 bits per heavy atom. The summed E-state index contributed by atoms with van der Waals surface area (Å²) in [5, 5.41) is 2.80. The van der Waals surface area contributed by atoms with Gasteiger partial charge in [-0.2, -0.15) is 0 Å². The summed E-state index contributed by atoms with van der Waals surface area (Å²) < 4.78 is 5.62. The van der Waals surface area contributed by atoms with E-state index in [0.29, 0.717) is 38.7 Å². The SMILES string of the molecule is CC(C)CCOC(C)C(=O)N1CCCC(C(=O)NCCN)C1. The maximum atomic E-state index is 12.4. The number of nitrogens with two attached hydrogens (primary N) is 1. The minimum Gasteiger partial charge on any atom is -0.369 e. The summed E-state index contributed by atoms with van der Waals surface area (Å²) in [6.45, 7) is 8.75. The fraction of sp³-hybridized carbons (Fsp3) is 0.875. The highest BCUT2D eigenvalue weighted by atomic mass is 16.5. The van der Waals surface area contributed by atoms with Gasteiger partial charge in [-0.3, -0.25) is 9.59 Å². The van der Waals surface area contributed by atoms with E-state index in [1.165, 1.54) is 0 Å². The third-order valence-electron chi connectivity index (χ3n) is 3.96. The topological polar surface area (TPSA) is 84.7 Å². The Morgan fingerprint density at radius 2 is 2.09 bits per heavy atom. The number of hydrogen-bond acceptors (Lipinski definition) is 4. The van der Waals surface area contributed by atoms with E-state index in [1.807, 2.05) is 0 Å². The van der Waals surface area contributed by atoms with Crippen LogP contribution >= 0.6 is 0 Å². The summed E-state index contributed by atoms with van der Waals surface area (Å²) in [6, 6.07) is 0. The normalized spacial score (nSPS) is 20.0. The highest BCUT2D eigenvalue weighted by Crippen LogP contribution is 2.18. The Hall–Kier alpha value is -1.14. The summed E-state index contributed by atoms with van der Waals surface area (Å²) in [5.41, 5.74) is 5.39. The Kier molecular flexibility index (Phi) is 8.42. The molecule has 1 saturated heterocycles. The number of carbonyl (C=O) groups excluding carboxylic acids is 2. The molecule has 1 fully saturated rings.